The lowest BCUT2D eigenvalue weighted by Crippen LogP contribution is -2.14. The van der Waals surface area contributed by atoms with Crippen LogP contribution in [0.5, 0.6) is 5.75 Å². The minimum atomic E-state index is -3.85. The van der Waals surface area contributed by atoms with E-state index in [2.05, 4.69) is 10.3 Å². The first kappa shape index (κ1) is 12.3. The molecule has 0 saturated heterocycles. The summed E-state index contributed by atoms with van der Waals surface area (Å²) in [5, 5.41) is 17.2. The minimum Gasteiger partial charge on any atom is -0.508 e. The van der Waals surface area contributed by atoms with Crippen molar-refractivity contribution in [2.24, 2.45) is 5.14 Å². The van der Waals surface area contributed by atoms with Crippen molar-refractivity contribution in [1.29, 1.82) is 0 Å². The Bertz CT molecular complexity index is 671. The lowest BCUT2D eigenvalue weighted by Gasteiger charge is -2.09. The molecule has 0 bridgehead atoms. The van der Waals surface area contributed by atoms with E-state index in [1.54, 1.807) is 12.1 Å². The molecule has 1 heterocycles. The van der Waals surface area contributed by atoms with Crippen LogP contribution in [0.15, 0.2) is 47.5 Å². The molecular formula is C11H11N3O3S. The third-order valence-corrected chi connectivity index (χ3v) is 3.13. The van der Waals surface area contributed by atoms with Crippen LogP contribution < -0.4 is 10.5 Å². The molecule has 6 nitrogen and oxygen atoms in total. The molecular weight excluding hydrogens is 254 g/mol. The van der Waals surface area contributed by atoms with Crippen LogP contribution >= 0.6 is 0 Å². The monoisotopic (exact) mass is 265 g/mol. The molecule has 1 aromatic heterocycles. The van der Waals surface area contributed by atoms with Crippen LogP contribution in [-0.4, -0.2) is 18.5 Å². The van der Waals surface area contributed by atoms with Gasteiger partial charge < -0.3 is 10.4 Å². The number of rotatable bonds is 3. The molecule has 94 valence electrons. The Labute approximate surface area is 104 Å². The summed E-state index contributed by atoms with van der Waals surface area (Å²) >= 11 is 0. The number of nitrogens with zero attached hydrogens (tertiary/aromatic N) is 1. The summed E-state index contributed by atoms with van der Waals surface area (Å²) in [4.78, 5) is 3.81. The number of nitrogens with two attached hydrogens (primary N) is 1. The van der Waals surface area contributed by atoms with Crippen LogP contribution in [0.3, 0.4) is 0 Å². The molecule has 0 fully saturated rings. The van der Waals surface area contributed by atoms with Gasteiger partial charge in [0.15, 0.2) is 5.82 Å². The zero-order chi connectivity index (χ0) is 13.2. The summed E-state index contributed by atoms with van der Waals surface area (Å²) in [6.07, 6.45) is 1.44. The van der Waals surface area contributed by atoms with Crippen LogP contribution in [0.1, 0.15) is 0 Å². The molecule has 0 atom stereocenters. The maximum absolute atomic E-state index is 11.4. The number of anilines is 2. The van der Waals surface area contributed by atoms with Crippen LogP contribution in [0.25, 0.3) is 0 Å². The molecule has 0 spiro atoms. The van der Waals surface area contributed by atoms with Gasteiger partial charge in [-0.15, -0.1) is 0 Å². The second-order valence-corrected chi connectivity index (χ2v) is 5.10. The van der Waals surface area contributed by atoms with Gasteiger partial charge in [-0.2, -0.15) is 0 Å². The molecule has 18 heavy (non-hydrogen) atoms. The van der Waals surface area contributed by atoms with E-state index in [9.17, 15) is 13.5 Å². The Morgan fingerprint density at radius 1 is 1.22 bits per heavy atom. The number of aromatic nitrogens is 1. The third kappa shape index (κ3) is 2.76. The zero-order valence-electron chi connectivity index (χ0n) is 9.24. The van der Waals surface area contributed by atoms with Gasteiger partial charge in [-0.1, -0.05) is 6.07 Å². The van der Waals surface area contributed by atoms with E-state index in [0.717, 1.165) is 0 Å². The van der Waals surface area contributed by atoms with Crippen molar-refractivity contribution in [2.45, 2.75) is 4.90 Å². The number of phenolic OH excluding ortho intramolecular Hbond substituents is 1. The van der Waals surface area contributed by atoms with Gasteiger partial charge in [-0.3, -0.25) is 0 Å². The smallest absolute Gasteiger partial charge is 0.241 e. The lowest BCUT2D eigenvalue weighted by atomic mass is 10.3. The number of benzene rings is 1. The highest BCUT2D eigenvalue weighted by atomic mass is 32.2. The lowest BCUT2D eigenvalue weighted by molar-refractivity contribution is 0.475. The van der Waals surface area contributed by atoms with Gasteiger partial charge >= 0.3 is 0 Å². The number of aromatic hydroxyl groups is 1. The largest absolute Gasteiger partial charge is 0.508 e. The number of nitrogens with one attached hydrogen (secondary N) is 1. The van der Waals surface area contributed by atoms with E-state index in [-0.39, 0.29) is 16.5 Å². The maximum atomic E-state index is 11.4. The first-order valence-corrected chi connectivity index (χ1v) is 6.55. The van der Waals surface area contributed by atoms with Crippen LogP contribution in [0.2, 0.25) is 0 Å². The fraction of sp³-hybridized carbons (Fsp3) is 0. The Hall–Kier alpha value is -2.12. The SMILES string of the molecule is NS(=O)(=O)c1cccnc1Nc1cccc(O)c1. The number of sulfonamides is 1. The molecule has 0 radical (unpaired) electrons. The molecule has 1 aromatic carbocycles. The number of hydrogen-bond acceptors (Lipinski definition) is 5. The normalized spacial score (nSPS) is 11.2. The quantitative estimate of drug-likeness (QED) is 0.772. The maximum Gasteiger partial charge on any atom is 0.241 e. The number of primary sulfonamides is 1. The first-order chi connectivity index (χ1) is 8.47. The van der Waals surface area contributed by atoms with Crippen molar-refractivity contribution in [1.82, 2.24) is 4.98 Å². The Morgan fingerprint density at radius 2 is 2.00 bits per heavy atom. The Kier molecular flexibility index (Phi) is 3.17. The van der Waals surface area contributed by atoms with Gasteiger partial charge in [-0.25, -0.2) is 18.5 Å². The topological polar surface area (TPSA) is 105 Å². The van der Waals surface area contributed by atoms with Crippen molar-refractivity contribution in [2.75, 3.05) is 5.32 Å². The number of hydrogen-bond donors (Lipinski definition) is 3. The summed E-state index contributed by atoms with van der Waals surface area (Å²) in [5.74, 6) is 0.179. The molecule has 0 saturated carbocycles. The molecule has 2 rings (SSSR count). The van der Waals surface area contributed by atoms with Crippen molar-refractivity contribution in [3.63, 3.8) is 0 Å². The molecule has 7 heteroatoms. The van der Waals surface area contributed by atoms with Gasteiger partial charge in [0, 0.05) is 18.0 Å². The van der Waals surface area contributed by atoms with Gasteiger partial charge in [0.1, 0.15) is 10.6 Å². The van der Waals surface area contributed by atoms with Crippen molar-refractivity contribution >= 4 is 21.5 Å². The van der Waals surface area contributed by atoms with E-state index >= 15 is 0 Å². The number of phenols is 1. The first-order valence-electron chi connectivity index (χ1n) is 5.01. The third-order valence-electron chi connectivity index (χ3n) is 2.19. The number of pyridine rings is 1. The molecule has 4 N–H and O–H groups in total. The highest BCUT2D eigenvalue weighted by Gasteiger charge is 2.14. The van der Waals surface area contributed by atoms with E-state index < -0.39 is 10.0 Å². The van der Waals surface area contributed by atoms with Gasteiger partial charge in [-0.05, 0) is 24.3 Å². The van der Waals surface area contributed by atoms with E-state index in [1.807, 2.05) is 0 Å². The summed E-state index contributed by atoms with van der Waals surface area (Å²) in [6, 6.07) is 9.07. The average molecular weight is 265 g/mol. The van der Waals surface area contributed by atoms with Crippen molar-refractivity contribution < 1.29 is 13.5 Å². The fourth-order valence-electron chi connectivity index (χ4n) is 1.43. The average Bonchev–Trinajstić information content (AvgIpc) is 2.28. The van der Waals surface area contributed by atoms with Gasteiger partial charge in [0.25, 0.3) is 0 Å². The van der Waals surface area contributed by atoms with E-state index in [4.69, 9.17) is 5.14 Å². The molecule has 0 amide bonds. The molecule has 0 aliphatic rings. The summed E-state index contributed by atoms with van der Waals surface area (Å²) in [7, 11) is -3.85. The van der Waals surface area contributed by atoms with Gasteiger partial charge in [0.2, 0.25) is 10.0 Å². The summed E-state index contributed by atoms with van der Waals surface area (Å²) < 4.78 is 22.7. The van der Waals surface area contributed by atoms with Gasteiger partial charge in [0.05, 0.1) is 0 Å². The van der Waals surface area contributed by atoms with Crippen LogP contribution in [0, 0.1) is 0 Å². The second-order valence-electron chi connectivity index (χ2n) is 3.57. The highest BCUT2D eigenvalue weighted by Crippen LogP contribution is 2.23. The Morgan fingerprint density at radius 3 is 2.67 bits per heavy atom. The molecule has 0 aliphatic carbocycles. The van der Waals surface area contributed by atoms with E-state index in [0.29, 0.717) is 5.69 Å². The summed E-state index contributed by atoms with van der Waals surface area (Å²) in [6.45, 7) is 0. The predicted molar refractivity (Wildman–Crippen MR) is 67.0 cm³/mol. The predicted octanol–water partition coefficient (Wildman–Crippen LogP) is 1.18. The summed E-state index contributed by atoms with van der Waals surface area (Å²) in [5.41, 5.74) is 0.513. The Balaban J connectivity index is 2.41. The van der Waals surface area contributed by atoms with Crippen LogP contribution in [-0.2, 0) is 10.0 Å². The molecule has 0 aliphatic heterocycles. The molecule has 2 aromatic rings. The molecule has 0 unspecified atom stereocenters. The van der Waals surface area contributed by atoms with Crippen LogP contribution in [0.4, 0.5) is 11.5 Å². The van der Waals surface area contributed by atoms with Crippen molar-refractivity contribution in [3.05, 3.63) is 42.6 Å². The standard InChI is InChI=1S/C11H11N3O3S/c12-18(16,17)10-5-2-6-13-11(10)14-8-3-1-4-9(15)7-8/h1-7,15H,(H,13,14)(H2,12,16,17). The van der Waals surface area contributed by atoms with E-state index in [1.165, 1.54) is 30.5 Å². The second kappa shape index (κ2) is 4.63. The van der Waals surface area contributed by atoms with Crippen molar-refractivity contribution in [3.8, 4) is 5.75 Å². The minimum absolute atomic E-state index is 0.0630. The fourth-order valence-corrected chi connectivity index (χ4v) is 2.08. The zero-order valence-corrected chi connectivity index (χ0v) is 10.1. The highest BCUT2D eigenvalue weighted by molar-refractivity contribution is 7.89.